The molecule has 3 nitrogen and oxygen atoms in total. The first-order chi connectivity index (χ1) is 9.24. The van der Waals surface area contributed by atoms with Crippen molar-refractivity contribution >= 4 is 9.84 Å². The van der Waals surface area contributed by atoms with Gasteiger partial charge >= 0.3 is 0 Å². The molecule has 0 aliphatic heterocycles. The zero-order chi connectivity index (χ0) is 14.9. The van der Waals surface area contributed by atoms with Crippen LogP contribution in [0.5, 0.6) is 0 Å². The van der Waals surface area contributed by atoms with E-state index in [0.29, 0.717) is 11.8 Å². The van der Waals surface area contributed by atoms with Gasteiger partial charge in [-0.2, -0.15) is 0 Å². The van der Waals surface area contributed by atoms with Crippen molar-refractivity contribution in [3.63, 3.8) is 0 Å². The third-order valence-corrected chi connectivity index (χ3v) is 7.70. The molecule has 0 bridgehead atoms. The third-order valence-electron chi connectivity index (χ3n) is 5.09. The van der Waals surface area contributed by atoms with Gasteiger partial charge in [-0.1, -0.05) is 19.3 Å². The van der Waals surface area contributed by atoms with E-state index in [1.165, 1.54) is 44.9 Å². The second-order valence-corrected chi connectivity index (χ2v) is 10.8. The molecule has 0 heterocycles. The van der Waals surface area contributed by atoms with Gasteiger partial charge in [0.1, 0.15) is 0 Å². The van der Waals surface area contributed by atoms with Crippen LogP contribution in [-0.2, 0) is 9.84 Å². The molecule has 1 N–H and O–H groups in total. The van der Waals surface area contributed by atoms with E-state index in [9.17, 15) is 8.42 Å². The Morgan fingerprint density at radius 3 is 2.20 bits per heavy atom. The van der Waals surface area contributed by atoms with Crippen LogP contribution in [0.3, 0.4) is 0 Å². The molecule has 0 unspecified atom stereocenters. The molecule has 0 aromatic rings. The Morgan fingerprint density at radius 1 is 1.10 bits per heavy atom. The second-order valence-electron chi connectivity index (χ2n) is 7.90. The van der Waals surface area contributed by atoms with Crippen LogP contribution in [0.15, 0.2) is 0 Å². The van der Waals surface area contributed by atoms with Crippen molar-refractivity contribution in [3.8, 4) is 0 Å². The highest BCUT2D eigenvalue weighted by Crippen LogP contribution is 2.40. The Bertz CT molecular complexity index is 412. The van der Waals surface area contributed by atoms with Gasteiger partial charge in [-0.05, 0) is 58.3 Å². The summed E-state index contributed by atoms with van der Waals surface area (Å²) in [6.45, 7) is 6.48. The summed E-state index contributed by atoms with van der Waals surface area (Å²) in [4.78, 5) is 0. The summed E-state index contributed by atoms with van der Waals surface area (Å²) in [6, 6.07) is 0.716. The summed E-state index contributed by atoms with van der Waals surface area (Å²) in [5, 5.41) is 3.65. The molecule has 0 aromatic heterocycles. The van der Waals surface area contributed by atoms with Crippen molar-refractivity contribution in [2.24, 2.45) is 5.41 Å². The highest BCUT2D eigenvalue weighted by molar-refractivity contribution is 7.92. The third kappa shape index (κ3) is 4.20. The summed E-state index contributed by atoms with van der Waals surface area (Å²) in [5.74, 6) is 0.350. The monoisotopic (exact) mass is 301 g/mol. The van der Waals surface area contributed by atoms with Crippen molar-refractivity contribution in [1.82, 2.24) is 5.32 Å². The quantitative estimate of drug-likeness (QED) is 0.819. The maximum Gasteiger partial charge on any atom is 0.155 e. The average molecular weight is 301 g/mol. The molecule has 0 radical (unpaired) electrons. The maximum atomic E-state index is 12.4. The van der Waals surface area contributed by atoms with E-state index in [-0.39, 0.29) is 5.41 Å². The molecule has 2 rings (SSSR count). The summed E-state index contributed by atoms with van der Waals surface area (Å²) in [5.41, 5.74) is 0.235. The molecule has 2 saturated carbocycles. The minimum Gasteiger partial charge on any atom is -0.313 e. The van der Waals surface area contributed by atoms with E-state index in [1.807, 2.05) is 20.8 Å². The van der Waals surface area contributed by atoms with Crippen molar-refractivity contribution < 1.29 is 8.42 Å². The fourth-order valence-corrected chi connectivity index (χ4v) is 4.44. The van der Waals surface area contributed by atoms with Crippen molar-refractivity contribution in [2.75, 3.05) is 12.3 Å². The molecule has 2 fully saturated rings. The van der Waals surface area contributed by atoms with Crippen LogP contribution in [0.25, 0.3) is 0 Å². The first-order valence-electron chi connectivity index (χ1n) is 8.20. The smallest absolute Gasteiger partial charge is 0.155 e. The normalized spacial score (nSPS) is 23.8. The van der Waals surface area contributed by atoms with Crippen LogP contribution in [-0.4, -0.2) is 31.5 Å². The minimum atomic E-state index is -2.99. The number of nitrogens with one attached hydrogen (secondary N) is 1. The second kappa shape index (κ2) is 5.96. The first kappa shape index (κ1) is 16.3. The lowest BCUT2D eigenvalue weighted by Crippen LogP contribution is -2.40. The fraction of sp³-hybridized carbons (Fsp3) is 1.00. The van der Waals surface area contributed by atoms with Gasteiger partial charge in [0.05, 0.1) is 10.5 Å². The van der Waals surface area contributed by atoms with E-state index in [0.717, 1.165) is 13.0 Å². The molecule has 0 atom stereocenters. The molecule has 118 valence electrons. The molecular weight excluding hydrogens is 270 g/mol. The van der Waals surface area contributed by atoms with Crippen LogP contribution in [0.4, 0.5) is 0 Å². The van der Waals surface area contributed by atoms with E-state index >= 15 is 0 Å². The fourth-order valence-electron chi connectivity index (χ4n) is 3.12. The molecule has 2 aliphatic rings. The van der Waals surface area contributed by atoms with Crippen molar-refractivity contribution in [2.45, 2.75) is 82.9 Å². The zero-order valence-corrected chi connectivity index (χ0v) is 14.2. The van der Waals surface area contributed by atoms with Gasteiger partial charge in [-0.25, -0.2) is 8.42 Å². The van der Waals surface area contributed by atoms with Gasteiger partial charge in [0.2, 0.25) is 0 Å². The van der Waals surface area contributed by atoms with Crippen LogP contribution in [0.1, 0.15) is 72.1 Å². The SMILES string of the molecule is CC(C)(C)S(=O)(=O)CCC1(CNC2CC2)CCCCC1. The van der Waals surface area contributed by atoms with Gasteiger partial charge in [0, 0.05) is 12.6 Å². The Morgan fingerprint density at radius 2 is 1.70 bits per heavy atom. The van der Waals surface area contributed by atoms with Crippen molar-refractivity contribution in [3.05, 3.63) is 0 Å². The summed E-state index contributed by atoms with van der Waals surface area (Å²) in [6.07, 6.45) is 9.69. The summed E-state index contributed by atoms with van der Waals surface area (Å²) in [7, 11) is -2.99. The molecule has 4 heteroatoms. The molecular formula is C16H31NO2S. The number of hydrogen-bond donors (Lipinski definition) is 1. The molecule has 2 aliphatic carbocycles. The Labute approximate surface area is 124 Å². The summed E-state index contributed by atoms with van der Waals surface area (Å²) >= 11 is 0. The van der Waals surface area contributed by atoms with Crippen LogP contribution in [0.2, 0.25) is 0 Å². The van der Waals surface area contributed by atoms with Crippen LogP contribution >= 0.6 is 0 Å². The largest absolute Gasteiger partial charge is 0.313 e. The zero-order valence-electron chi connectivity index (χ0n) is 13.4. The minimum absolute atomic E-state index is 0.235. The van der Waals surface area contributed by atoms with Crippen LogP contribution in [0, 0.1) is 5.41 Å². The Hall–Kier alpha value is -0.0900. The predicted molar refractivity (Wildman–Crippen MR) is 84.7 cm³/mol. The van der Waals surface area contributed by atoms with Crippen LogP contribution < -0.4 is 5.32 Å². The van der Waals surface area contributed by atoms with E-state index in [2.05, 4.69) is 5.32 Å². The molecule has 20 heavy (non-hydrogen) atoms. The standard InChI is InChI=1S/C16H31NO2S/c1-15(2,3)20(18,19)12-11-16(9-5-4-6-10-16)13-17-14-7-8-14/h14,17H,4-13H2,1-3H3. The highest BCUT2D eigenvalue weighted by atomic mass is 32.2. The van der Waals surface area contributed by atoms with E-state index < -0.39 is 14.6 Å². The lowest BCUT2D eigenvalue weighted by atomic mass is 9.72. The molecule has 0 saturated heterocycles. The van der Waals surface area contributed by atoms with Crippen molar-refractivity contribution in [1.29, 1.82) is 0 Å². The van der Waals surface area contributed by atoms with Gasteiger partial charge < -0.3 is 5.32 Å². The van der Waals surface area contributed by atoms with E-state index in [1.54, 1.807) is 0 Å². The van der Waals surface area contributed by atoms with Gasteiger partial charge in [-0.3, -0.25) is 0 Å². The Balaban J connectivity index is 1.96. The first-order valence-corrected chi connectivity index (χ1v) is 9.85. The number of rotatable bonds is 6. The average Bonchev–Trinajstić information content (AvgIpc) is 3.18. The number of sulfone groups is 1. The molecule has 0 aromatic carbocycles. The lowest BCUT2D eigenvalue weighted by Gasteiger charge is -2.38. The highest BCUT2D eigenvalue weighted by Gasteiger charge is 2.37. The topological polar surface area (TPSA) is 46.2 Å². The van der Waals surface area contributed by atoms with Gasteiger partial charge in [0.25, 0.3) is 0 Å². The van der Waals surface area contributed by atoms with E-state index in [4.69, 9.17) is 0 Å². The lowest BCUT2D eigenvalue weighted by molar-refractivity contribution is 0.174. The molecule has 0 spiro atoms. The summed E-state index contributed by atoms with van der Waals surface area (Å²) < 4.78 is 24.1. The number of hydrogen-bond acceptors (Lipinski definition) is 3. The Kier molecular flexibility index (Phi) is 4.85. The maximum absolute atomic E-state index is 12.4. The van der Waals surface area contributed by atoms with Gasteiger partial charge in [-0.15, -0.1) is 0 Å². The van der Waals surface area contributed by atoms with Gasteiger partial charge in [0.15, 0.2) is 9.84 Å². The molecule has 0 amide bonds. The predicted octanol–water partition coefficient (Wildman–Crippen LogP) is 3.29.